The zero-order valence-electron chi connectivity index (χ0n) is 10.2. The molecular formula is C12H19N3OS. The Bertz CT molecular complexity index is 372. The van der Waals surface area contributed by atoms with Crippen LogP contribution in [0, 0.1) is 12.8 Å². The van der Waals surface area contributed by atoms with Gasteiger partial charge in [0.05, 0.1) is 5.01 Å². The van der Waals surface area contributed by atoms with Crippen molar-refractivity contribution in [2.24, 2.45) is 5.92 Å². The van der Waals surface area contributed by atoms with Gasteiger partial charge in [0.2, 0.25) is 5.91 Å². The molecule has 1 aromatic rings. The highest BCUT2D eigenvalue weighted by atomic mass is 32.1. The molecule has 5 heteroatoms. The van der Waals surface area contributed by atoms with Crippen molar-refractivity contribution in [3.63, 3.8) is 0 Å². The van der Waals surface area contributed by atoms with Crippen molar-refractivity contribution in [1.82, 2.24) is 15.6 Å². The average molecular weight is 253 g/mol. The smallest absolute Gasteiger partial charge is 0.223 e. The zero-order chi connectivity index (χ0) is 12.1. The molecule has 0 aliphatic carbocycles. The van der Waals surface area contributed by atoms with E-state index in [0.29, 0.717) is 6.54 Å². The van der Waals surface area contributed by atoms with Crippen molar-refractivity contribution in [2.75, 3.05) is 19.6 Å². The van der Waals surface area contributed by atoms with Gasteiger partial charge in [-0.2, -0.15) is 0 Å². The van der Waals surface area contributed by atoms with Crippen LogP contribution in [-0.2, 0) is 11.2 Å². The first kappa shape index (κ1) is 12.5. The van der Waals surface area contributed by atoms with Crippen molar-refractivity contribution < 1.29 is 4.79 Å². The molecule has 4 nitrogen and oxygen atoms in total. The monoisotopic (exact) mass is 253 g/mol. The van der Waals surface area contributed by atoms with Gasteiger partial charge >= 0.3 is 0 Å². The summed E-state index contributed by atoms with van der Waals surface area (Å²) in [6.45, 7) is 4.62. The minimum absolute atomic E-state index is 0.203. The van der Waals surface area contributed by atoms with Gasteiger partial charge in [-0.3, -0.25) is 4.79 Å². The van der Waals surface area contributed by atoms with Crippen molar-refractivity contribution in [3.8, 4) is 0 Å². The van der Waals surface area contributed by atoms with E-state index in [4.69, 9.17) is 0 Å². The number of aryl methyl sites for hydroxylation is 1. The molecule has 2 heterocycles. The van der Waals surface area contributed by atoms with Crippen LogP contribution in [0.3, 0.4) is 0 Å². The Morgan fingerprint density at radius 2 is 2.35 bits per heavy atom. The molecule has 0 bridgehead atoms. The van der Waals surface area contributed by atoms with E-state index in [9.17, 15) is 4.79 Å². The Morgan fingerprint density at radius 1 is 1.59 bits per heavy atom. The van der Waals surface area contributed by atoms with Crippen molar-refractivity contribution in [1.29, 1.82) is 0 Å². The summed E-state index contributed by atoms with van der Waals surface area (Å²) < 4.78 is 0. The van der Waals surface area contributed by atoms with E-state index in [2.05, 4.69) is 15.6 Å². The summed E-state index contributed by atoms with van der Waals surface area (Å²) in [7, 11) is 0. The molecule has 94 valence electrons. The third-order valence-electron chi connectivity index (χ3n) is 3.01. The molecule has 1 saturated heterocycles. The van der Waals surface area contributed by atoms with Crippen LogP contribution in [0.2, 0.25) is 0 Å². The van der Waals surface area contributed by atoms with E-state index in [1.807, 2.05) is 12.3 Å². The molecule has 0 radical (unpaired) electrons. The van der Waals surface area contributed by atoms with E-state index >= 15 is 0 Å². The van der Waals surface area contributed by atoms with Gasteiger partial charge in [0.15, 0.2) is 0 Å². The summed E-state index contributed by atoms with van der Waals surface area (Å²) in [6.07, 6.45) is 2.76. The van der Waals surface area contributed by atoms with Crippen LogP contribution in [0.1, 0.15) is 23.5 Å². The van der Waals surface area contributed by atoms with E-state index in [1.54, 1.807) is 11.3 Å². The summed E-state index contributed by atoms with van der Waals surface area (Å²) in [5.41, 5.74) is 1.06. The number of amides is 1. The van der Waals surface area contributed by atoms with Gasteiger partial charge in [-0.05, 0) is 32.9 Å². The van der Waals surface area contributed by atoms with Crippen molar-refractivity contribution in [3.05, 3.63) is 16.1 Å². The Hall–Kier alpha value is -0.940. The Labute approximate surface area is 106 Å². The lowest BCUT2D eigenvalue weighted by Crippen LogP contribution is -2.38. The first-order valence-corrected chi connectivity index (χ1v) is 7.03. The van der Waals surface area contributed by atoms with Gasteiger partial charge in [-0.15, -0.1) is 11.3 Å². The Balaban J connectivity index is 1.69. The van der Waals surface area contributed by atoms with Crippen molar-refractivity contribution >= 4 is 17.2 Å². The molecule has 1 amide bonds. The minimum atomic E-state index is 0.203. The number of nitrogens with zero attached hydrogens (tertiary/aromatic N) is 1. The molecule has 1 aliphatic heterocycles. The number of piperidine rings is 1. The fourth-order valence-corrected chi connectivity index (χ4v) is 2.81. The molecule has 17 heavy (non-hydrogen) atoms. The van der Waals surface area contributed by atoms with Gasteiger partial charge in [0, 0.05) is 30.0 Å². The lowest BCUT2D eigenvalue weighted by atomic mass is 9.97. The van der Waals surface area contributed by atoms with Crippen LogP contribution in [0.15, 0.2) is 5.38 Å². The number of carbonyl (C=O) groups excluding carboxylic acids is 1. The largest absolute Gasteiger partial charge is 0.355 e. The quantitative estimate of drug-likeness (QED) is 0.845. The van der Waals surface area contributed by atoms with E-state index < -0.39 is 0 Å². The average Bonchev–Trinajstić information content (AvgIpc) is 2.76. The first-order valence-electron chi connectivity index (χ1n) is 6.15. The third-order valence-corrected chi connectivity index (χ3v) is 4.04. The van der Waals surface area contributed by atoms with Crippen LogP contribution in [-0.4, -0.2) is 30.5 Å². The highest BCUT2D eigenvalue weighted by molar-refractivity contribution is 7.09. The third kappa shape index (κ3) is 3.78. The molecule has 0 aromatic carbocycles. The van der Waals surface area contributed by atoms with Gasteiger partial charge in [-0.25, -0.2) is 4.98 Å². The number of nitrogens with one attached hydrogen (secondary N) is 2. The molecule has 2 rings (SSSR count). The second kappa shape index (κ2) is 6.12. The van der Waals surface area contributed by atoms with Gasteiger partial charge in [-0.1, -0.05) is 0 Å². The van der Waals surface area contributed by atoms with E-state index in [-0.39, 0.29) is 11.8 Å². The second-order valence-electron chi connectivity index (χ2n) is 4.45. The summed E-state index contributed by atoms with van der Waals surface area (Å²) in [6, 6.07) is 0. The van der Waals surface area contributed by atoms with Crippen molar-refractivity contribution in [2.45, 2.75) is 26.2 Å². The number of aromatic nitrogens is 1. The van der Waals surface area contributed by atoms with Crippen LogP contribution in [0.4, 0.5) is 0 Å². The summed E-state index contributed by atoms with van der Waals surface area (Å²) in [4.78, 5) is 16.2. The molecule has 0 unspecified atom stereocenters. The number of hydrogen-bond acceptors (Lipinski definition) is 4. The van der Waals surface area contributed by atoms with E-state index in [0.717, 1.165) is 43.1 Å². The maximum absolute atomic E-state index is 11.8. The number of rotatable bonds is 4. The molecule has 0 spiro atoms. The van der Waals surface area contributed by atoms with Crippen LogP contribution in [0.25, 0.3) is 0 Å². The molecule has 2 N–H and O–H groups in total. The van der Waals surface area contributed by atoms with Crippen LogP contribution < -0.4 is 10.6 Å². The highest BCUT2D eigenvalue weighted by Gasteiger charge is 2.20. The number of thiazole rings is 1. The summed E-state index contributed by atoms with van der Waals surface area (Å²) in [5.74, 6) is 0.411. The Morgan fingerprint density at radius 3 is 3.00 bits per heavy atom. The molecule has 1 aromatic heterocycles. The molecule has 0 atom stereocenters. The van der Waals surface area contributed by atoms with Gasteiger partial charge < -0.3 is 10.6 Å². The minimum Gasteiger partial charge on any atom is -0.355 e. The van der Waals surface area contributed by atoms with Crippen LogP contribution >= 0.6 is 11.3 Å². The van der Waals surface area contributed by atoms with Crippen LogP contribution in [0.5, 0.6) is 0 Å². The maximum Gasteiger partial charge on any atom is 0.223 e. The summed E-state index contributed by atoms with van der Waals surface area (Å²) >= 11 is 1.66. The standard InChI is InChI=1S/C12H19N3OS/c1-9-8-17-11(15-9)4-7-14-12(16)10-2-5-13-6-3-10/h8,10,13H,2-7H2,1H3,(H,14,16). The second-order valence-corrected chi connectivity index (χ2v) is 5.39. The van der Waals surface area contributed by atoms with E-state index in [1.165, 1.54) is 0 Å². The molecular weight excluding hydrogens is 234 g/mol. The SMILES string of the molecule is Cc1csc(CCNC(=O)C2CCNCC2)n1. The predicted molar refractivity (Wildman–Crippen MR) is 69.2 cm³/mol. The Kier molecular flexibility index (Phi) is 4.50. The fourth-order valence-electron chi connectivity index (χ4n) is 2.04. The molecule has 1 aliphatic rings. The zero-order valence-corrected chi connectivity index (χ0v) is 11.0. The topological polar surface area (TPSA) is 54.0 Å². The van der Waals surface area contributed by atoms with Gasteiger partial charge in [0.25, 0.3) is 0 Å². The number of hydrogen-bond donors (Lipinski definition) is 2. The molecule has 1 fully saturated rings. The first-order chi connectivity index (χ1) is 8.25. The summed E-state index contributed by atoms with van der Waals surface area (Å²) in [5, 5.41) is 9.43. The molecule has 0 saturated carbocycles. The van der Waals surface area contributed by atoms with Gasteiger partial charge in [0.1, 0.15) is 0 Å². The number of carbonyl (C=O) groups is 1. The lowest BCUT2D eigenvalue weighted by molar-refractivity contribution is -0.125. The maximum atomic E-state index is 11.8. The highest BCUT2D eigenvalue weighted by Crippen LogP contribution is 2.12. The lowest BCUT2D eigenvalue weighted by Gasteiger charge is -2.21. The predicted octanol–water partition coefficient (Wildman–Crippen LogP) is 1.11. The normalized spacial score (nSPS) is 17.0. The fraction of sp³-hybridized carbons (Fsp3) is 0.667.